The van der Waals surface area contributed by atoms with Gasteiger partial charge in [0.1, 0.15) is 0 Å². The van der Waals surface area contributed by atoms with Crippen molar-refractivity contribution in [1.82, 2.24) is 13.9 Å². The Morgan fingerprint density at radius 2 is 0.897 bits per heavy atom. The standard InChI is InChI=1S/C22H13Cl2N3O2/c23-21-15-10-4-5-11-16(15)22(24,18-13-7-6-12-17(18)21)27-20(29)25(19(28)26(21)27)14-8-2-1-3-9-14/h1-13H. The molecule has 7 rings (SSSR count). The fourth-order valence-corrected chi connectivity index (χ4v) is 5.60. The minimum absolute atomic E-state index is 0.463. The molecule has 0 fully saturated rings. The number of hydrogen-bond donors (Lipinski definition) is 0. The molecule has 0 unspecified atom stereocenters. The van der Waals surface area contributed by atoms with Crippen LogP contribution in [0, 0.1) is 0 Å². The largest absolute Gasteiger partial charge is 0.354 e. The summed E-state index contributed by atoms with van der Waals surface area (Å²) in [7, 11) is 0. The van der Waals surface area contributed by atoms with E-state index in [4.69, 9.17) is 23.2 Å². The molecule has 1 aliphatic carbocycles. The SMILES string of the molecule is O=c1n(-c2ccccc2)c(=O)n2n1C1(Cl)c3ccccc3C2(Cl)c2ccccc21. The molecule has 0 atom stereocenters. The maximum absolute atomic E-state index is 13.6. The normalized spacial score (nSPS) is 23.4. The molecule has 4 aromatic rings. The fourth-order valence-electron chi connectivity index (χ4n) is 4.65. The van der Waals surface area contributed by atoms with Gasteiger partial charge in [0.05, 0.1) is 5.69 Å². The van der Waals surface area contributed by atoms with Crippen molar-refractivity contribution in [2.45, 2.75) is 10.00 Å². The first-order valence-corrected chi connectivity index (χ1v) is 9.87. The number of benzene rings is 3. The quantitative estimate of drug-likeness (QED) is 0.442. The Morgan fingerprint density at radius 1 is 0.552 bits per heavy atom. The molecule has 2 bridgehead atoms. The smallest absolute Gasteiger partial charge is 0.245 e. The van der Waals surface area contributed by atoms with E-state index in [0.29, 0.717) is 27.9 Å². The van der Waals surface area contributed by atoms with Crippen molar-refractivity contribution in [2.24, 2.45) is 0 Å². The van der Waals surface area contributed by atoms with Gasteiger partial charge in [-0.15, -0.1) is 0 Å². The Hall–Kier alpha value is -3.02. The highest BCUT2D eigenvalue weighted by atomic mass is 35.5. The van der Waals surface area contributed by atoms with Gasteiger partial charge in [0.15, 0.2) is 10.00 Å². The lowest BCUT2D eigenvalue weighted by Crippen LogP contribution is -2.59. The Morgan fingerprint density at radius 3 is 1.28 bits per heavy atom. The predicted octanol–water partition coefficient (Wildman–Crippen LogP) is 3.40. The molecule has 0 spiro atoms. The summed E-state index contributed by atoms with van der Waals surface area (Å²) in [4.78, 5) is 24.4. The van der Waals surface area contributed by atoms with Crippen molar-refractivity contribution in [3.63, 3.8) is 0 Å². The molecular weight excluding hydrogens is 409 g/mol. The highest BCUT2D eigenvalue weighted by Gasteiger charge is 2.60. The zero-order valence-corrected chi connectivity index (χ0v) is 16.4. The lowest BCUT2D eigenvalue weighted by molar-refractivity contribution is 0.291. The van der Waals surface area contributed by atoms with Crippen LogP contribution in [-0.2, 0) is 10.00 Å². The first-order chi connectivity index (χ1) is 14.0. The fraction of sp³-hybridized carbons (Fsp3) is 0.0909. The van der Waals surface area contributed by atoms with Crippen molar-refractivity contribution >= 4 is 23.2 Å². The van der Waals surface area contributed by atoms with Crippen LogP contribution in [0.5, 0.6) is 0 Å². The number of para-hydroxylation sites is 1. The van der Waals surface area contributed by atoms with Crippen LogP contribution in [-0.4, -0.2) is 13.9 Å². The molecule has 5 nitrogen and oxygen atoms in total. The predicted molar refractivity (Wildman–Crippen MR) is 111 cm³/mol. The highest BCUT2D eigenvalue weighted by molar-refractivity contribution is 6.31. The Kier molecular flexibility index (Phi) is 3.10. The zero-order chi connectivity index (χ0) is 20.0. The third kappa shape index (κ3) is 1.74. The van der Waals surface area contributed by atoms with E-state index in [9.17, 15) is 9.59 Å². The summed E-state index contributed by atoms with van der Waals surface area (Å²) in [6.45, 7) is 0. The van der Waals surface area contributed by atoms with Crippen LogP contribution in [0.3, 0.4) is 0 Å². The second kappa shape index (κ2) is 5.32. The van der Waals surface area contributed by atoms with Gasteiger partial charge in [-0.05, 0) is 12.1 Å². The average Bonchev–Trinajstić information content (AvgIpc) is 3.04. The van der Waals surface area contributed by atoms with E-state index in [1.165, 1.54) is 9.36 Å². The maximum atomic E-state index is 13.6. The number of rotatable bonds is 1. The highest BCUT2D eigenvalue weighted by Crippen LogP contribution is 2.57. The molecule has 3 heterocycles. The van der Waals surface area contributed by atoms with Gasteiger partial charge >= 0.3 is 11.4 Å². The molecule has 142 valence electrons. The molecule has 7 heteroatoms. The molecule has 0 radical (unpaired) electrons. The lowest BCUT2D eigenvalue weighted by atomic mass is 9.76. The topological polar surface area (TPSA) is 48.9 Å². The summed E-state index contributed by atoms with van der Waals surface area (Å²) in [6, 6.07) is 23.6. The summed E-state index contributed by atoms with van der Waals surface area (Å²) >= 11 is 14.5. The Bertz CT molecular complexity index is 1300. The van der Waals surface area contributed by atoms with Gasteiger partial charge in [-0.25, -0.2) is 14.2 Å². The van der Waals surface area contributed by atoms with Gasteiger partial charge in [0.2, 0.25) is 0 Å². The molecule has 0 N–H and O–H groups in total. The second-order valence-corrected chi connectivity index (χ2v) is 8.29. The van der Waals surface area contributed by atoms with Gasteiger partial charge < -0.3 is 0 Å². The molecule has 0 amide bonds. The molecule has 0 saturated carbocycles. The lowest BCUT2D eigenvalue weighted by Gasteiger charge is -2.50. The average molecular weight is 422 g/mol. The van der Waals surface area contributed by atoms with Crippen molar-refractivity contribution in [3.8, 4) is 5.69 Å². The van der Waals surface area contributed by atoms with Gasteiger partial charge in [-0.2, -0.15) is 9.36 Å². The summed E-state index contributed by atoms with van der Waals surface area (Å²) in [5, 5.41) is 0. The van der Waals surface area contributed by atoms with E-state index in [-0.39, 0.29) is 0 Å². The number of hydrogen-bond acceptors (Lipinski definition) is 2. The van der Waals surface area contributed by atoms with E-state index in [1.807, 2.05) is 54.6 Å². The van der Waals surface area contributed by atoms with Crippen LogP contribution < -0.4 is 11.4 Å². The monoisotopic (exact) mass is 421 g/mol. The van der Waals surface area contributed by atoms with Gasteiger partial charge in [-0.3, -0.25) is 0 Å². The summed E-state index contributed by atoms with van der Waals surface area (Å²) < 4.78 is 3.70. The van der Waals surface area contributed by atoms with Gasteiger partial charge in [-0.1, -0.05) is 89.9 Å². The number of nitrogens with zero attached hydrogens (tertiary/aromatic N) is 3. The number of aromatic nitrogens is 3. The zero-order valence-electron chi connectivity index (χ0n) is 14.9. The van der Waals surface area contributed by atoms with E-state index in [0.717, 1.165) is 4.57 Å². The summed E-state index contributed by atoms with van der Waals surface area (Å²) in [5.74, 6) is 0. The summed E-state index contributed by atoms with van der Waals surface area (Å²) in [5.41, 5.74) is 2.18. The van der Waals surface area contributed by atoms with Crippen molar-refractivity contribution in [3.05, 3.63) is 122 Å². The Labute approximate surface area is 174 Å². The van der Waals surface area contributed by atoms with E-state index in [2.05, 4.69) is 0 Å². The molecule has 1 aromatic heterocycles. The molecule has 0 saturated heterocycles. The first-order valence-electron chi connectivity index (χ1n) is 9.12. The van der Waals surface area contributed by atoms with Crippen molar-refractivity contribution < 1.29 is 0 Å². The van der Waals surface area contributed by atoms with Crippen LogP contribution in [0.15, 0.2) is 88.5 Å². The van der Waals surface area contributed by atoms with Gasteiger partial charge in [0, 0.05) is 22.3 Å². The molecule has 29 heavy (non-hydrogen) atoms. The minimum atomic E-state index is -1.37. The number of alkyl halides is 2. The summed E-state index contributed by atoms with van der Waals surface area (Å²) in [6.07, 6.45) is 0. The van der Waals surface area contributed by atoms with E-state index >= 15 is 0 Å². The van der Waals surface area contributed by atoms with Crippen LogP contribution in [0.1, 0.15) is 22.3 Å². The third-order valence-corrected chi connectivity index (χ3v) is 6.96. The van der Waals surface area contributed by atoms with E-state index in [1.54, 1.807) is 24.3 Å². The molecule has 2 aliphatic heterocycles. The second-order valence-electron chi connectivity index (χ2n) is 7.20. The van der Waals surface area contributed by atoms with Crippen LogP contribution in [0.25, 0.3) is 5.69 Å². The maximum Gasteiger partial charge on any atom is 0.354 e. The van der Waals surface area contributed by atoms with Crippen LogP contribution in [0.2, 0.25) is 0 Å². The molecule has 3 aliphatic rings. The van der Waals surface area contributed by atoms with Gasteiger partial charge in [0.25, 0.3) is 0 Å². The third-order valence-electron chi connectivity index (χ3n) is 5.82. The van der Waals surface area contributed by atoms with Crippen molar-refractivity contribution in [2.75, 3.05) is 0 Å². The Balaban J connectivity index is 1.85. The first kappa shape index (κ1) is 16.9. The molecular formula is C22H13Cl2N3O2. The van der Waals surface area contributed by atoms with Crippen molar-refractivity contribution in [1.29, 1.82) is 0 Å². The molecule has 3 aromatic carbocycles. The van der Waals surface area contributed by atoms with Crippen LogP contribution in [0.4, 0.5) is 0 Å². The van der Waals surface area contributed by atoms with E-state index < -0.39 is 21.4 Å². The number of halogens is 2. The minimum Gasteiger partial charge on any atom is -0.245 e. The van der Waals surface area contributed by atoms with Crippen LogP contribution >= 0.6 is 23.2 Å².